The summed E-state index contributed by atoms with van der Waals surface area (Å²) in [7, 11) is 4.48. The van der Waals surface area contributed by atoms with E-state index in [1.165, 1.54) is 31.9 Å². The highest BCUT2D eigenvalue weighted by molar-refractivity contribution is 5.99. The lowest BCUT2D eigenvalue weighted by Crippen LogP contribution is -2.39. The van der Waals surface area contributed by atoms with Crippen LogP contribution in [0.2, 0.25) is 0 Å². The Balaban J connectivity index is 1.69. The number of methoxy groups -OCH3 is 3. The van der Waals surface area contributed by atoms with Crippen LogP contribution >= 0.6 is 0 Å². The number of carbonyl (C=O) groups excluding carboxylic acids is 1. The average Bonchev–Trinajstić information content (AvgIpc) is 2.78. The maximum Gasteiger partial charge on any atom is 0.286 e. The molecule has 0 saturated carbocycles. The highest BCUT2D eigenvalue weighted by atomic mass is 16.6. The Hall–Kier alpha value is -3.29. The summed E-state index contributed by atoms with van der Waals surface area (Å²) in [5.74, 6) is 1.45. The summed E-state index contributed by atoms with van der Waals surface area (Å²) in [6, 6.07) is 10.6. The van der Waals surface area contributed by atoms with Crippen molar-refractivity contribution in [3.8, 4) is 17.2 Å². The van der Waals surface area contributed by atoms with Gasteiger partial charge in [0.1, 0.15) is 11.3 Å². The molecule has 1 amide bonds. The molecule has 3 rings (SSSR count). The van der Waals surface area contributed by atoms with E-state index in [1.807, 2.05) is 12.1 Å². The molecule has 0 bridgehead atoms. The first kappa shape index (κ1) is 21.4. The van der Waals surface area contributed by atoms with Crippen molar-refractivity contribution in [2.24, 2.45) is 5.92 Å². The molecule has 160 valence electrons. The first-order valence-corrected chi connectivity index (χ1v) is 9.79. The number of piperidine rings is 1. The molecular formula is C22H26N2O6. The summed E-state index contributed by atoms with van der Waals surface area (Å²) in [4.78, 5) is 25.7. The van der Waals surface area contributed by atoms with Crippen LogP contribution in [0.1, 0.15) is 28.8 Å². The number of hydrogen-bond acceptors (Lipinski definition) is 6. The number of nitro benzene ring substituents is 1. The predicted octanol–water partition coefficient (Wildman–Crippen LogP) is 3.72. The topological polar surface area (TPSA) is 91.1 Å². The zero-order chi connectivity index (χ0) is 21.7. The molecule has 2 aromatic carbocycles. The van der Waals surface area contributed by atoms with Crippen molar-refractivity contribution in [2.45, 2.75) is 19.3 Å². The van der Waals surface area contributed by atoms with Gasteiger partial charge in [0, 0.05) is 19.2 Å². The summed E-state index contributed by atoms with van der Waals surface area (Å²) in [5.41, 5.74) is 0.973. The second-order valence-electron chi connectivity index (χ2n) is 7.27. The molecule has 0 radical (unpaired) electrons. The lowest BCUT2D eigenvalue weighted by molar-refractivity contribution is -0.385. The smallest absolute Gasteiger partial charge is 0.286 e. The lowest BCUT2D eigenvalue weighted by atomic mass is 9.90. The quantitative estimate of drug-likeness (QED) is 0.507. The van der Waals surface area contributed by atoms with Crippen LogP contribution in [-0.4, -0.2) is 50.1 Å². The van der Waals surface area contributed by atoms with Crippen molar-refractivity contribution in [1.82, 2.24) is 4.90 Å². The second kappa shape index (κ2) is 9.47. The molecular weight excluding hydrogens is 388 g/mol. The summed E-state index contributed by atoms with van der Waals surface area (Å²) in [6.45, 7) is 1.12. The first-order chi connectivity index (χ1) is 14.5. The SMILES string of the molecule is COc1ccc(CC2CCN(C(=O)c3cc(OC)c(OC)cc3[N+](=O)[O-])CC2)cc1. The normalized spacial score (nSPS) is 14.3. The van der Waals surface area contributed by atoms with Gasteiger partial charge in [-0.05, 0) is 42.9 Å². The van der Waals surface area contributed by atoms with Crippen LogP contribution in [0.15, 0.2) is 36.4 Å². The Labute approximate surface area is 175 Å². The van der Waals surface area contributed by atoms with E-state index in [0.717, 1.165) is 25.0 Å². The molecule has 0 unspecified atom stereocenters. The molecule has 30 heavy (non-hydrogen) atoms. The summed E-state index contributed by atoms with van der Waals surface area (Å²) in [6.07, 6.45) is 2.63. The van der Waals surface area contributed by atoms with Crippen LogP contribution in [-0.2, 0) is 6.42 Å². The van der Waals surface area contributed by atoms with Gasteiger partial charge in [-0.1, -0.05) is 12.1 Å². The molecule has 0 spiro atoms. The van der Waals surface area contributed by atoms with Crippen LogP contribution < -0.4 is 14.2 Å². The number of rotatable bonds is 7. The van der Waals surface area contributed by atoms with E-state index < -0.39 is 4.92 Å². The maximum absolute atomic E-state index is 13.0. The van der Waals surface area contributed by atoms with Crippen LogP contribution in [0.3, 0.4) is 0 Å². The highest BCUT2D eigenvalue weighted by Crippen LogP contribution is 2.35. The number of amides is 1. The number of likely N-dealkylation sites (tertiary alicyclic amines) is 1. The van der Waals surface area contributed by atoms with Gasteiger partial charge in [0.05, 0.1) is 32.3 Å². The van der Waals surface area contributed by atoms with Crippen molar-refractivity contribution in [3.05, 3.63) is 57.6 Å². The van der Waals surface area contributed by atoms with Crippen molar-refractivity contribution in [1.29, 1.82) is 0 Å². The molecule has 1 aliphatic rings. The van der Waals surface area contributed by atoms with Crippen LogP contribution in [0.5, 0.6) is 17.2 Å². The lowest BCUT2D eigenvalue weighted by Gasteiger charge is -2.32. The molecule has 8 heteroatoms. The number of nitrogens with zero attached hydrogens (tertiary/aromatic N) is 2. The minimum Gasteiger partial charge on any atom is -0.497 e. The fourth-order valence-corrected chi connectivity index (χ4v) is 3.80. The summed E-state index contributed by atoms with van der Waals surface area (Å²) >= 11 is 0. The number of benzene rings is 2. The van der Waals surface area contributed by atoms with Crippen molar-refractivity contribution in [2.75, 3.05) is 34.4 Å². The van der Waals surface area contributed by atoms with Crippen LogP contribution in [0.25, 0.3) is 0 Å². The van der Waals surface area contributed by atoms with E-state index in [4.69, 9.17) is 14.2 Å². The standard InChI is InChI=1S/C22H26N2O6/c1-28-17-6-4-15(5-7-17)12-16-8-10-23(11-9-16)22(25)18-13-20(29-2)21(30-3)14-19(18)24(26)27/h4-7,13-14,16H,8-12H2,1-3H3. The van der Waals surface area contributed by atoms with Gasteiger partial charge in [0.15, 0.2) is 11.5 Å². The van der Waals surface area contributed by atoms with E-state index in [2.05, 4.69) is 12.1 Å². The summed E-state index contributed by atoms with van der Waals surface area (Å²) < 4.78 is 15.5. The van der Waals surface area contributed by atoms with E-state index in [9.17, 15) is 14.9 Å². The fourth-order valence-electron chi connectivity index (χ4n) is 3.80. The minimum absolute atomic E-state index is 0.0197. The Bertz CT molecular complexity index is 905. The largest absolute Gasteiger partial charge is 0.497 e. The molecule has 0 aliphatic carbocycles. The first-order valence-electron chi connectivity index (χ1n) is 9.79. The zero-order valence-electron chi connectivity index (χ0n) is 17.4. The Morgan fingerprint density at radius 1 is 1.03 bits per heavy atom. The molecule has 0 atom stereocenters. The van der Waals surface area contributed by atoms with E-state index >= 15 is 0 Å². The molecule has 0 aromatic heterocycles. The number of carbonyl (C=O) groups is 1. The second-order valence-corrected chi connectivity index (χ2v) is 7.27. The van der Waals surface area contributed by atoms with Crippen LogP contribution in [0.4, 0.5) is 5.69 Å². The maximum atomic E-state index is 13.0. The monoisotopic (exact) mass is 414 g/mol. The molecule has 1 heterocycles. The zero-order valence-corrected chi connectivity index (χ0v) is 17.4. The van der Waals surface area contributed by atoms with Crippen LogP contribution in [0, 0.1) is 16.0 Å². The number of ether oxygens (including phenoxy) is 3. The molecule has 1 fully saturated rings. The van der Waals surface area contributed by atoms with Gasteiger partial charge < -0.3 is 19.1 Å². The number of nitro groups is 1. The molecule has 8 nitrogen and oxygen atoms in total. The van der Waals surface area contributed by atoms with Gasteiger partial charge in [-0.25, -0.2) is 0 Å². The van der Waals surface area contributed by atoms with Gasteiger partial charge in [0.25, 0.3) is 11.6 Å². The summed E-state index contributed by atoms with van der Waals surface area (Å²) in [5, 5.41) is 11.5. The van der Waals surface area contributed by atoms with Crippen molar-refractivity contribution < 1.29 is 23.9 Å². The van der Waals surface area contributed by atoms with Gasteiger partial charge in [0.2, 0.25) is 0 Å². The average molecular weight is 414 g/mol. The third kappa shape index (κ3) is 4.64. The third-order valence-electron chi connectivity index (χ3n) is 5.51. The predicted molar refractivity (Wildman–Crippen MR) is 112 cm³/mol. The van der Waals surface area contributed by atoms with Gasteiger partial charge in [-0.2, -0.15) is 0 Å². The Morgan fingerprint density at radius 2 is 1.63 bits per heavy atom. The Morgan fingerprint density at radius 3 is 2.17 bits per heavy atom. The van der Waals surface area contributed by atoms with Crippen molar-refractivity contribution in [3.63, 3.8) is 0 Å². The highest BCUT2D eigenvalue weighted by Gasteiger charge is 2.30. The van der Waals surface area contributed by atoms with Gasteiger partial charge in [-0.15, -0.1) is 0 Å². The van der Waals surface area contributed by atoms with E-state index in [1.54, 1.807) is 12.0 Å². The van der Waals surface area contributed by atoms with E-state index in [0.29, 0.717) is 24.8 Å². The fraction of sp³-hybridized carbons (Fsp3) is 0.409. The van der Waals surface area contributed by atoms with E-state index in [-0.39, 0.29) is 22.9 Å². The van der Waals surface area contributed by atoms with Gasteiger partial charge >= 0.3 is 0 Å². The molecule has 1 saturated heterocycles. The third-order valence-corrected chi connectivity index (χ3v) is 5.51. The molecule has 1 aliphatic heterocycles. The minimum atomic E-state index is -0.564. The van der Waals surface area contributed by atoms with Crippen molar-refractivity contribution >= 4 is 11.6 Å². The Kier molecular flexibility index (Phi) is 6.76. The van der Waals surface area contributed by atoms with Gasteiger partial charge in [-0.3, -0.25) is 14.9 Å². The molecule has 0 N–H and O–H groups in total. The number of hydrogen-bond donors (Lipinski definition) is 0. The molecule has 2 aromatic rings.